The number of aromatic nitrogens is 1. The molecule has 1 aliphatic rings. The van der Waals surface area contributed by atoms with Crippen molar-refractivity contribution in [3.05, 3.63) is 94.1 Å². The molecule has 1 N–H and O–H groups in total. The van der Waals surface area contributed by atoms with Crippen LogP contribution < -0.4 is 9.64 Å². The summed E-state index contributed by atoms with van der Waals surface area (Å²) in [6, 6.07) is 18.3. The molecule has 0 spiro atoms. The molecule has 1 amide bonds. The Labute approximate surface area is 238 Å². The fourth-order valence-corrected chi connectivity index (χ4v) is 6.21. The van der Waals surface area contributed by atoms with Crippen LogP contribution in [0.25, 0.3) is 16.0 Å². The average Bonchev–Trinajstić information content (AvgIpc) is 3.45. The first kappa shape index (κ1) is 27.6. The summed E-state index contributed by atoms with van der Waals surface area (Å²) in [5, 5.41) is 12.1. The number of aliphatic hydroxyl groups excluding tert-OH is 1. The average molecular weight is 555 g/mol. The maximum absolute atomic E-state index is 13.7. The number of Topliss-reactive ketones (excluding diaryl/α,β-unsaturated/α-hetero) is 1. The maximum atomic E-state index is 13.7. The predicted molar refractivity (Wildman–Crippen MR) is 161 cm³/mol. The van der Waals surface area contributed by atoms with Gasteiger partial charge in [-0.05, 0) is 59.7 Å². The molecule has 206 valence electrons. The van der Waals surface area contributed by atoms with Crippen molar-refractivity contribution in [3.8, 4) is 5.75 Å². The fraction of sp³-hybridized carbons (Fsp3) is 0.303. The molecule has 1 aliphatic heterocycles. The highest BCUT2D eigenvalue weighted by Crippen LogP contribution is 2.45. The molecular weight excluding hydrogens is 520 g/mol. The summed E-state index contributed by atoms with van der Waals surface area (Å²) in [7, 11) is 1.61. The number of amides is 1. The second-order valence-electron chi connectivity index (χ2n) is 11.6. The molecule has 1 fully saturated rings. The van der Waals surface area contributed by atoms with Gasteiger partial charge in [0, 0.05) is 11.1 Å². The minimum absolute atomic E-state index is 0.0442. The quantitative estimate of drug-likeness (QED) is 0.156. The standard InChI is InChI=1S/C33H34N2O4S/c1-18(2)20-11-13-24-26(17-20)40-32(34-24)35-28(21-10-8-9-19(3)15-21)27(30(37)31(35)38)29(36)22-12-14-25(39-7)23(16-22)33(4,5)6/h8-18,28,36H,1-7H3/b29-27+. The SMILES string of the molecule is COc1ccc(/C(O)=C2\C(=O)C(=O)N(c3nc4ccc(C(C)C)cc4s3)C2c2cccc(C)c2)cc1C(C)(C)C. The molecule has 40 heavy (non-hydrogen) atoms. The van der Waals surface area contributed by atoms with E-state index in [-0.39, 0.29) is 16.7 Å². The van der Waals surface area contributed by atoms with E-state index in [4.69, 9.17) is 9.72 Å². The lowest BCUT2D eigenvalue weighted by molar-refractivity contribution is -0.132. The fourth-order valence-electron chi connectivity index (χ4n) is 5.17. The Balaban J connectivity index is 1.72. The molecule has 0 bridgehead atoms. The molecular formula is C33H34N2O4S. The number of methoxy groups -OCH3 is 1. The molecule has 0 saturated carbocycles. The van der Waals surface area contributed by atoms with E-state index in [1.54, 1.807) is 19.2 Å². The molecule has 1 unspecified atom stereocenters. The minimum atomic E-state index is -0.829. The number of ketones is 1. The number of nitrogens with zero attached hydrogens (tertiary/aromatic N) is 2. The van der Waals surface area contributed by atoms with E-state index in [1.165, 1.54) is 21.8 Å². The number of aryl methyl sites for hydroxylation is 1. The maximum Gasteiger partial charge on any atom is 0.301 e. The Bertz CT molecular complexity index is 1680. The number of ether oxygens (including phenoxy) is 1. The first-order valence-electron chi connectivity index (χ1n) is 13.4. The number of aliphatic hydroxyl groups is 1. The van der Waals surface area contributed by atoms with Gasteiger partial charge in [-0.25, -0.2) is 4.98 Å². The number of rotatable bonds is 5. The highest BCUT2D eigenvalue weighted by Gasteiger charge is 2.48. The van der Waals surface area contributed by atoms with Gasteiger partial charge in [-0.2, -0.15) is 0 Å². The van der Waals surface area contributed by atoms with E-state index >= 15 is 0 Å². The van der Waals surface area contributed by atoms with E-state index in [0.29, 0.717) is 22.4 Å². The third-order valence-corrected chi connectivity index (χ3v) is 8.37. The van der Waals surface area contributed by atoms with Crippen molar-refractivity contribution in [1.82, 2.24) is 4.98 Å². The minimum Gasteiger partial charge on any atom is -0.507 e. The van der Waals surface area contributed by atoms with E-state index in [9.17, 15) is 14.7 Å². The van der Waals surface area contributed by atoms with Crippen molar-refractivity contribution >= 4 is 44.1 Å². The summed E-state index contributed by atoms with van der Waals surface area (Å²) in [6.07, 6.45) is 0. The Kier molecular flexibility index (Phi) is 7.04. The van der Waals surface area contributed by atoms with Crippen LogP contribution in [0.1, 0.15) is 74.4 Å². The van der Waals surface area contributed by atoms with E-state index < -0.39 is 17.7 Å². The second kappa shape index (κ2) is 10.2. The molecule has 4 aromatic rings. The molecule has 5 rings (SSSR count). The van der Waals surface area contributed by atoms with E-state index in [1.807, 2.05) is 49.4 Å². The summed E-state index contributed by atoms with van der Waals surface area (Å²) < 4.78 is 6.51. The zero-order chi connectivity index (χ0) is 28.9. The molecule has 1 aromatic heterocycles. The molecule has 0 aliphatic carbocycles. The van der Waals surface area contributed by atoms with E-state index in [0.717, 1.165) is 26.9 Å². The normalized spacial score (nSPS) is 17.3. The Morgan fingerprint density at radius 2 is 1.80 bits per heavy atom. The first-order chi connectivity index (χ1) is 18.9. The molecule has 0 radical (unpaired) electrons. The van der Waals surface area contributed by atoms with Gasteiger partial charge in [-0.15, -0.1) is 0 Å². The van der Waals surface area contributed by atoms with Crippen LogP contribution in [0, 0.1) is 6.92 Å². The van der Waals surface area contributed by atoms with Crippen LogP contribution in [0.5, 0.6) is 5.75 Å². The lowest BCUT2D eigenvalue weighted by atomic mass is 9.84. The van der Waals surface area contributed by atoms with Crippen LogP contribution in [0.2, 0.25) is 0 Å². The van der Waals surface area contributed by atoms with Crippen LogP contribution in [0.15, 0.2) is 66.2 Å². The van der Waals surface area contributed by atoms with Crippen LogP contribution >= 0.6 is 11.3 Å². The third kappa shape index (κ3) is 4.79. The van der Waals surface area contributed by atoms with Gasteiger partial charge in [0.2, 0.25) is 0 Å². The Morgan fingerprint density at radius 3 is 2.45 bits per heavy atom. The number of thiazole rings is 1. The van der Waals surface area contributed by atoms with Gasteiger partial charge in [0.25, 0.3) is 5.78 Å². The molecule has 7 heteroatoms. The molecule has 1 atom stereocenters. The number of fused-ring (bicyclic) bond motifs is 1. The number of benzene rings is 3. The molecule has 2 heterocycles. The Morgan fingerprint density at radius 1 is 1.05 bits per heavy atom. The van der Waals surface area contributed by atoms with Gasteiger partial charge in [0.1, 0.15) is 11.5 Å². The predicted octanol–water partition coefficient (Wildman–Crippen LogP) is 7.66. The summed E-state index contributed by atoms with van der Waals surface area (Å²) >= 11 is 1.38. The van der Waals surface area contributed by atoms with Crippen molar-refractivity contribution in [1.29, 1.82) is 0 Å². The number of hydrogen-bond acceptors (Lipinski definition) is 6. The monoisotopic (exact) mass is 554 g/mol. The second-order valence-corrected chi connectivity index (χ2v) is 12.6. The lowest BCUT2D eigenvalue weighted by Gasteiger charge is -2.24. The number of hydrogen-bond donors (Lipinski definition) is 1. The first-order valence-corrected chi connectivity index (χ1v) is 14.2. The summed E-state index contributed by atoms with van der Waals surface area (Å²) in [5.41, 5.74) is 4.75. The Hall–Kier alpha value is -3.97. The number of carbonyl (C=O) groups is 2. The molecule has 3 aromatic carbocycles. The van der Waals surface area contributed by atoms with Crippen LogP contribution in [0.3, 0.4) is 0 Å². The smallest absolute Gasteiger partial charge is 0.301 e. The summed E-state index contributed by atoms with van der Waals surface area (Å²) in [5.74, 6) is -0.627. The van der Waals surface area contributed by atoms with Crippen molar-refractivity contribution in [3.63, 3.8) is 0 Å². The molecule has 1 saturated heterocycles. The van der Waals surface area contributed by atoms with Crippen LogP contribution in [0.4, 0.5) is 5.13 Å². The van der Waals surface area contributed by atoms with Crippen LogP contribution in [-0.4, -0.2) is 28.9 Å². The zero-order valence-electron chi connectivity index (χ0n) is 23.9. The van der Waals surface area contributed by atoms with Crippen LogP contribution in [-0.2, 0) is 15.0 Å². The zero-order valence-corrected chi connectivity index (χ0v) is 24.7. The summed E-state index contributed by atoms with van der Waals surface area (Å²) in [6.45, 7) is 12.4. The summed E-state index contributed by atoms with van der Waals surface area (Å²) in [4.78, 5) is 33.6. The largest absolute Gasteiger partial charge is 0.507 e. The topological polar surface area (TPSA) is 79.7 Å². The van der Waals surface area contributed by atoms with Gasteiger partial charge in [0.15, 0.2) is 5.13 Å². The van der Waals surface area contributed by atoms with E-state index in [2.05, 4.69) is 40.7 Å². The van der Waals surface area contributed by atoms with Crippen molar-refractivity contribution in [2.24, 2.45) is 0 Å². The lowest BCUT2D eigenvalue weighted by Crippen LogP contribution is -2.29. The van der Waals surface area contributed by atoms with Gasteiger partial charge in [-0.3, -0.25) is 14.5 Å². The van der Waals surface area contributed by atoms with Gasteiger partial charge in [-0.1, -0.05) is 81.9 Å². The van der Waals surface area contributed by atoms with Crippen molar-refractivity contribution in [2.45, 2.75) is 58.9 Å². The number of anilines is 1. The van der Waals surface area contributed by atoms with Crippen molar-refractivity contribution in [2.75, 3.05) is 12.0 Å². The third-order valence-electron chi connectivity index (χ3n) is 7.36. The van der Waals surface area contributed by atoms with Gasteiger partial charge < -0.3 is 9.84 Å². The van der Waals surface area contributed by atoms with Gasteiger partial charge >= 0.3 is 5.91 Å². The molecule has 6 nitrogen and oxygen atoms in total. The number of carbonyl (C=O) groups excluding carboxylic acids is 2. The van der Waals surface area contributed by atoms with Crippen molar-refractivity contribution < 1.29 is 19.4 Å². The highest BCUT2D eigenvalue weighted by atomic mass is 32.1. The highest BCUT2D eigenvalue weighted by molar-refractivity contribution is 7.22. The van der Waals surface area contributed by atoms with Gasteiger partial charge in [0.05, 0.1) is 28.9 Å².